The smallest absolute Gasteiger partial charge is 0.254 e. The Morgan fingerprint density at radius 1 is 0.882 bits per heavy atom. The lowest BCUT2D eigenvalue weighted by molar-refractivity contribution is 0.0828. The molecule has 2 aromatic carbocycles. The summed E-state index contributed by atoms with van der Waals surface area (Å²) in [5, 5.41) is 0.752. The summed E-state index contributed by atoms with van der Waals surface area (Å²) in [5.41, 5.74) is 1.56. The molecule has 0 saturated carbocycles. The number of rotatable bonds is 5. The highest BCUT2D eigenvalue weighted by molar-refractivity contribution is 7.89. The van der Waals surface area contributed by atoms with E-state index in [0.717, 1.165) is 44.5 Å². The third kappa shape index (κ3) is 5.23. The maximum atomic E-state index is 13.0. The second-order valence-electron chi connectivity index (χ2n) is 9.36. The van der Waals surface area contributed by atoms with Crippen LogP contribution in [0.1, 0.15) is 36.0 Å². The van der Waals surface area contributed by atoms with Crippen LogP contribution in [0.25, 0.3) is 0 Å². The van der Waals surface area contributed by atoms with E-state index in [-0.39, 0.29) is 15.8 Å². The summed E-state index contributed by atoms with van der Waals surface area (Å²) in [7, 11) is -0.125. The van der Waals surface area contributed by atoms with E-state index in [1.807, 2.05) is 12.1 Å². The van der Waals surface area contributed by atoms with Crippen molar-refractivity contribution in [2.75, 3.05) is 45.2 Å². The molecule has 0 aliphatic carbocycles. The molecule has 4 rings (SSSR count). The number of carbonyl (C=O) groups is 1. The van der Waals surface area contributed by atoms with Crippen LogP contribution in [0.5, 0.6) is 0 Å². The van der Waals surface area contributed by atoms with Gasteiger partial charge in [-0.2, -0.15) is 4.31 Å². The van der Waals surface area contributed by atoms with Gasteiger partial charge in [-0.3, -0.25) is 4.79 Å². The van der Waals surface area contributed by atoms with E-state index in [1.54, 1.807) is 48.7 Å². The number of sulfonamides is 1. The van der Waals surface area contributed by atoms with E-state index >= 15 is 0 Å². The van der Waals surface area contributed by atoms with Gasteiger partial charge >= 0.3 is 0 Å². The summed E-state index contributed by atoms with van der Waals surface area (Å²) in [4.78, 5) is 16.3. The van der Waals surface area contributed by atoms with Gasteiger partial charge in [0.15, 0.2) is 0 Å². The molecule has 0 N–H and O–H groups in total. The molecule has 2 aliphatic heterocycles. The first-order valence-electron chi connectivity index (χ1n) is 11.7. The molecule has 2 heterocycles. The van der Waals surface area contributed by atoms with E-state index in [4.69, 9.17) is 23.2 Å². The van der Waals surface area contributed by atoms with Crippen LogP contribution in [0.15, 0.2) is 47.4 Å². The molecule has 184 valence electrons. The van der Waals surface area contributed by atoms with Crippen LogP contribution in [-0.2, 0) is 10.0 Å². The normalized spacial score (nSPS) is 18.8. The van der Waals surface area contributed by atoms with Crippen molar-refractivity contribution in [1.82, 2.24) is 9.21 Å². The molecule has 2 fully saturated rings. The largest absolute Gasteiger partial charge is 0.371 e. The first kappa shape index (κ1) is 25.3. The van der Waals surface area contributed by atoms with Gasteiger partial charge in [0.1, 0.15) is 4.90 Å². The Morgan fingerprint density at radius 3 is 2.03 bits per heavy atom. The van der Waals surface area contributed by atoms with Crippen molar-refractivity contribution in [3.8, 4) is 0 Å². The molecule has 2 aliphatic rings. The van der Waals surface area contributed by atoms with Crippen LogP contribution in [0.2, 0.25) is 10.0 Å². The van der Waals surface area contributed by atoms with Crippen LogP contribution in [0.4, 0.5) is 5.69 Å². The van der Waals surface area contributed by atoms with Gasteiger partial charge in [0.05, 0.1) is 15.6 Å². The maximum absolute atomic E-state index is 13.0. The van der Waals surface area contributed by atoms with Gasteiger partial charge < -0.3 is 9.80 Å². The quantitative estimate of drug-likeness (QED) is 0.552. The zero-order valence-corrected chi connectivity index (χ0v) is 21.9. The van der Waals surface area contributed by atoms with Crippen LogP contribution < -0.4 is 4.90 Å². The van der Waals surface area contributed by atoms with Gasteiger partial charge in [0.25, 0.3) is 5.91 Å². The van der Waals surface area contributed by atoms with Crippen molar-refractivity contribution in [1.29, 1.82) is 0 Å². The molecule has 9 heteroatoms. The first-order valence-corrected chi connectivity index (χ1v) is 13.9. The van der Waals surface area contributed by atoms with E-state index in [2.05, 4.69) is 4.90 Å². The zero-order chi connectivity index (χ0) is 24.5. The highest BCUT2D eigenvalue weighted by Gasteiger charge is 2.34. The molecule has 0 aromatic heterocycles. The predicted molar refractivity (Wildman–Crippen MR) is 137 cm³/mol. The summed E-state index contributed by atoms with van der Waals surface area (Å²) in [5.74, 6) is 1.02. The molecule has 0 bridgehead atoms. The topological polar surface area (TPSA) is 60.9 Å². The fourth-order valence-electron chi connectivity index (χ4n) is 5.12. The number of hydrogen-bond acceptors (Lipinski definition) is 4. The van der Waals surface area contributed by atoms with Crippen molar-refractivity contribution in [3.05, 3.63) is 58.1 Å². The summed E-state index contributed by atoms with van der Waals surface area (Å²) in [6.45, 7) is 2.94. The molecule has 2 saturated heterocycles. The summed E-state index contributed by atoms with van der Waals surface area (Å²) in [6.07, 6.45) is 3.89. The number of benzene rings is 2. The number of halogens is 2. The lowest BCUT2D eigenvalue weighted by Crippen LogP contribution is -2.42. The van der Waals surface area contributed by atoms with Gasteiger partial charge in [-0.25, -0.2) is 8.42 Å². The highest BCUT2D eigenvalue weighted by Crippen LogP contribution is 2.36. The van der Waals surface area contributed by atoms with Crippen LogP contribution in [0, 0.1) is 11.8 Å². The predicted octanol–water partition coefficient (Wildman–Crippen LogP) is 5.01. The van der Waals surface area contributed by atoms with Gasteiger partial charge in [-0.15, -0.1) is 0 Å². The Hall–Kier alpha value is -1.80. The summed E-state index contributed by atoms with van der Waals surface area (Å²) >= 11 is 12.6. The molecule has 0 radical (unpaired) electrons. The Morgan fingerprint density at radius 2 is 1.47 bits per heavy atom. The monoisotopic (exact) mass is 523 g/mol. The van der Waals surface area contributed by atoms with E-state index in [9.17, 15) is 13.2 Å². The minimum absolute atomic E-state index is 0.0989. The van der Waals surface area contributed by atoms with Gasteiger partial charge in [-0.05, 0) is 67.9 Å². The molecule has 2 aromatic rings. The molecule has 0 spiro atoms. The van der Waals surface area contributed by atoms with Crippen LogP contribution in [0.3, 0.4) is 0 Å². The summed E-state index contributed by atoms with van der Waals surface area (Å²) < 4.78 is 27.6. The standard InChI is InChI=1S/C25H31Cl2N3O3S/c1-28(2)25(31)21-8-7-20(17-23(21)27)29-13-9-18(10-14-29)19-11-15-30(16-12-19)34(32,33)24-6-4-3-5-22(24)26/h3-8,17-19H,9-16H2,1-2H3. The lowest BCUT2D eigenvalue weighted by atomic mass is 9.79. The Kier molecular flexibility index (Phi) is 7.77. The average molecular weight is 525 g/mol. The highest BCUT2D eigenvalue weighted by atomic mass is 35.5. The van der Waals surface area contributed by atoms with E-state index in [0.29, 0.717) is 35.5 Å². The number of hydrogen-bond donors (Lipinski definition) is 0. The molecule has 34 heavy (non-hydrogen) atoms. The molecule has 0 atom stereocenters. The maximum Gasteiger partial charge on any atom is 0.254 e. The van der Waals surface area contributed by atoms with Crippen molar-refractivity contribution in [2.24, 2.45) is 11.8 Å². The van der Waals surface area contributed by atoms with Gasteiger partial charge in [0, 0.05) is 46.0 Å². The number of carbonyl (C=O) groups excluding carboxylic acids is 1. The van der Waals surface area contributed by atoms with Crippen molar-refractivity contribution in [3.63, 3.8) is 0 Å². The summed E-state index contributed by atoms with van der Waals surface area (Å²) in [6, 6.07) is 12.3. The molecule has 6 nitrogen and oxygen atoms in total. The SMILES string of the molecule is CN(C)C(=O)c1ccc(N2CCC(C3CCN(S(=O)(=O)c4ccccc4Cl)CC3)CC2)cc1Cl. The Balaban J connectivity index is 1.32. The number of piperidine rings is 2. The molecule has 1 amide bonds. The second-order valence-corrected chi connectivity index (χ2v) is 12.1. The second kappa shape index (κ2) is 10.4. The average Bonchev–Trinajstić information content (AvgIpc) is 2.84. The van der Waals surface area contributed by atoms with Gasteiger partial charge in [-0.1, -0.05) is 35.3 Å². The number of anilines is 1. The van der Waals surface area contributed by atoms with Crippen molar-refractivity contribution < 1.29 is 13.2 Å². The molecule has 0 unspecified atom stereocenters. The third-order valence-electron chi connectivity index (χ3n) is 7.11. The van der Waals surface area contributed by atoms with Gasteiger partial charge in [0.2, 0.25) is 10.0 Å². The number of amides is 1. The van der Waals surface area contributed by atoms with Crippen LogP contribution in [-0.4, -0.2) is 63.8 Å². The minimum Gasteiger partial charge on any atom is -0.371 e. The fourth-order valence-corrected chi connectivity index (χ4v) is 7.34. The van der Waals surface area contributed by atoms with Crippen LogP contribution >= 0.6 is 23.2 Å². The zero-order valence-electron chi connectivity index (χ0n) is 19.6. The minimum atomic E-state index is -3.56. The molecular formula is C25H31Cl2N3O3S. The third-order valence-corrected chi connectivity index (χ3v) is 9.82. The Labute approximate surface area is 212 Å². The Bertz CT molecular complexity index is 1140. The lowest BCUT2D eigenvalue weighted by Gasteiger charge is -2.40. The van der Waals surface area contributed by atoms with Crippen molar-refractivity contribution >= 4 is 44.8 Å². The first-order chi connectivity index (χ1) is 16.2. The van der Waals surface area contributed by atoms with Crippen molar-refractivity contribution in [2.45, 2.75) is 30.6 Å². The van der Waals surface area contributed by atoms with E-state index in [1.165, 1.54) is 4.90 Å². The molecular weight excluding hydrogens is 493 g/mol. The number of nitrogens with zero attached hydrogens (tertiary/aromatic N) is 3. The van der Waals surface area contributed by atoms with E-state index < -0.39 is 10.0 Å². The fraction of sp³-hybridized carbons (Fsp3) is 0.480.